The first kappa shape index (κ1) is 25.0. The summed E-state index contributed by atoms with van der Waals surface area (Å²) in [5.41, 5.74) is -0.776. The maximum Gasteiger partial charge on any atom is 0.331 e. The number of carboxylic acids is 2. The number of carbonyl (C=O) groups is 3. The molecule has 5 saturated carbocycles. The molecule has 5 aliphatic carbocycles. The van der Waals surface area contributed by atoms with Crippen molar-refractivity contribution < 1.29 is 24.6 Å². The molecule has 5 nitrogen and oxygen atoms in total. The van der Waals surface area contributed by atoms with E-state index in [1.165, 1.54) is 0 Å². The molecule has 194 valence electrons. The zero-order chi connectivity index (χ0) is 25.8. The van der Waals surface area contributed by atoms with Gasteiger partial charge in [-0.2, -0.15) is 0 Å². The highest BCUT2D eigenvalue weighted by Crippen LogP contribution is 2.77. The van der Waals surface area contributed by atoms with E-state index in [0.717, 1.165) is 38.5 Å². The Morgan fingerprint density at radius 3 is 2.14 bits per heavy atom. The Morgan fingerprint density at radius 1 is 0.829 bits per heavy atom. The lowest BCUT2D eigenvalue weighted by atomic mass is 9.32. The number of ketones is 1. The number of hydrogen-bond donors (Lipinski definition) is 2. The second-order valence-electron chi connectivity index (χ2n) is 14.3. The summed E-state index contributed by atoms with van der Waals surface area (Å²) in [5.74, 6) is -0.638. The smallest absolute Gasteiger partial charge is 0.331 e. The van der Waals surface area contributed by atoms with Crippen LogP contribution in [-0.2, 0) is 14.4 Å². The lowest BCUT2D eigenvalue weighted by Crippen LogP contribution is -2.66. The average molecular weight is 485 g/mol. The van der Waals surface area contributed by atoms with Crippen molar-refractivity contribution in [1.82, 2.24) is 0 Å². The molecule has 0 aromatic carbocycles. The maximum absolute atomic E-state index is 12.9. The second kappa shape index (κ2) is 7.44. The summed E-state index contributed by atoms with van der Waals surface area (Å²) >= 11 is 0. The third kappa shape index (κ3) is 2.90. The minimum atomic E-state index is -0.981. The van der Waals surface area contributed by atoms with Crippen molar-refractivity contribution in [2.45, 2.75) is 98.8 Å². The summed E-state index contributed by atoms with van der Waals surface area (Å²) in [7, 11) is 0. The molecule has 0 spiro atoms. The molecule has 0 unspecified atom stereocenters. The van der Waals surface area contributed by atoms with E-state index in [-0.39, 0.29) is 45.0 Å². The van der Waals surface area contributed by atoms with Gasteiger partial charge in [-0.3, -0.25) is 9.59 Å². The highest BCUT2D eigenvalue weighted by molar-refractivity contribution is 5.87. The normalized spacial score (nSPS) is 50.3. The lowest BCUT2D eigenvalue weighted by Gasteiger charge is -2.72. The van der Waals surface area contributed by atoms with Crippen LogP contribution in [0.15, 0.2) is 12.2 Å². The standard InChI is InChI=1S/C30H44O5/c1-17(24(32)33)18-9-14-30(25(34)35)16-15-28(5)19(23(18)30)7-8-21-27(4)12-11-22(31)26(2,3)20(27)10-13-29(21,28)6/h18-21,23H,1,7-16H2,2-6H3,(H,32,33)(H,34,35)/t18-,19+,20-,21+,23+,27-,28+,29+,30-/m0/s1. The summed E-state index contributed by atoms with van der Waals surface area (Å²) in [6, 6.07) is 0. The third-order valence-electron chi connectivity index (χ3n) is 13.3. The molecule has 0 radical (unpaired) electrons. The fourth-order valence-corrected chi connectivity index (χ4v) is 11.3. The number of Topliss-reactive ketones (excluding diaryl/α,β-unsaturated/α-hetero) is 1. The monoisotopic (exact) mass is 484 g/mol. The molecule has 0 aromatic heterocycles. The average Bonchev–Trinajstić information content (AvgIpc) is 3.17. The van der Waals surface area contributed by atoms with Crippen molar-refractivity contribution >= 4 is 17.7 Å². The molecule has 0 amide bonds. The van der Waals surface area contributed by atoms with E-state index < -0.39 is 17.4 Å². The van der Waals surface area contributed by atoms with Crippen LogP contribution in [-0.4, -0.2) is 27.9 Å². The molecule has 2 N–H and O–H groups in total. The highest BCUT2D eigenvalue weighted by Gasteiger charge is 2.72. The zero-order valence-corrected chi connectivity index (χ0v) is 22.3. The Labute approximate surface area is 210 Å². The molecule has 0 bridgehead atoms. The molecular weight excluding hydrogens is 440 g/mol. The molecule has 35 heavy (non-hydrogen) atoms. The minimum absolute atomic E-state index is 0.0412. The Bertz CT molecular complexity index is 997. The van der Waals surface area contributed by atoms with Gasteiger partial charge in [0, 0.05) is 17.4 Å². The summed E-state index contributed by atoms with van der Waals surface area (Å²) in [4.78, 5) is 37.7. The number of carbonyl (C=O) groups excluding carboxylic acids is 1. The summed E-state index contributed by atoms with van der Waals surface area (Å²) in [6.07, 6.45) is 8.45. The van der Waals surface area contributed by atoms with Gasteiger partial charge in [0.25, 0.3) is 0 Å². The molecule has 0 saturated heterocycles. The lowest BCUT2D eigenvalue weighted by molar-refractivity contribution is -0.235. The van der Waals surface area contributed by atoms with Gasteiger partial charge in [0.2, 0.25) is 0 Å². The predicted octanol–water partition coefficient (Wildman–Crippen LogP) is 6.36. The Morgan fingerprint density at radius 2 is 1.51 bits per heavy atom. The Hall–Kier alpha value is -1.65. The van der Waals surface area contributed by atoms with E-state index >= 15 is 0 Å². The first-order chi connectivity index (χ1) is 16.2. The van der Waals surface area contributed by atoms with Crippen LogP contribution in [0.5, 0.6) is 0 Å². The van der Waals surface area contributed by atoms with Gasteiger partial charge in [-0.1, -0.05) is 41.2 Å². The van der Waals surface area contributed by atoms with Crippen LogP contribution in [0.2, 0.25) is 0 Å². The van der Waals surface area contributed by atoms with Gasteiger partial charge >= 0.3 is 11.9 Å². The number of fused-ring (bicyclic) bond motifs is 7. The van der Waals surface area contributed by atoms with Crippen LogP contribution in [0, 0.1) is 56.7 Å². The molecule has 0 heterocycles. The van der Waals surface area contributed by atoms with Crippen molar-refractivity contribution in [3.05, 3.63) is 12.2 Å². The fraction of sp³-hybridized carbons (Fsp3) is 0.833. The van der Waals surface area contributed by atoms with Gasteiger partial charge in [-0.15, -0.1) is 0 Å². The van der Waals surface area contributed by atoms with E-state index in [4.69, 9.17) is 0 Å². The van der Waals surface area contributed by atoms with E-state index in [1.807, 2.05) is 0 Å². The van der Waals surface area contributed by atoms with Crippen LogP contribution in [0.25, 0.3) is 0 Å². The van der Waals surface area contributed by atoms with Crippen molar-refractivity contribution in [3.8, 4) is 0 Å². The molecule has 5 rings (SSSR count). The topological polar surface area (TPSA) is 91.7 Å². The van der Waals surface area contributed by atoms with E-state index in [1.54, 1.807) is 0 Å². The highest BCUT2D eigenvalue weighted by atomic mass is 16.4. The van der Waals surface area contributed by atoms with Gasteiger partial charge < -0.3 is 10.2 Å². The quantitative estimate of drug-likeness (QED) is 0.455. The second-order valence-corrected chi connectivity index (χ2v) is 14.3. The third-order valence-corrected chi connectivity index (χ3v) is 13.3. The Kier molecular flexibility index (Phi) is 5.32. The number of carboxylic acid groups (broad SMARTS) is 2. The molecule has 9 atom stereocenters. The minimum Gasteiger partial charge on any atom is -0.481 e. The summed E-state index contributed by atoms with van der Waals surface area (Å²) in [6.45, 7) is 15.6. The molecule has 5 fully saturated rings. The van der Waals surface area contributed by atoms with Gasteiger partial charge in [0.05, 0.1) is 5.41 Å². The van der Waals surface area contributed by atoms with Gasteiger partial charge in [0.1, 0.15) is 5.78 Å². The van der Waals surface area contributed by atoms with Gasteiger partial charge in [-0.05, 0) is 104 Å². The van der Waals surface area contributed by atoms with Crippen molar-refractivity contribution in [2.75, 3.05) is 0 Å². The van der Waals surface area contributed by atoms with E-state index in [0.29, 0.717) is 43.3 Å². The number of hydrogen-bond acceptors (Lipinski definition) is 3. The number of rotatable bonds is 3. The van der Waals surface area contributed by atoms with Crippen LogP contribution < -0.4 is 0 Å². The van der Waals surface area contributed by atoms with Crippen molar-refractivity contribution in [2.24, 2.45) is 56.7 Å². The number of aliphatic carboxylic acids is 2. The van der Waals surface area contributed by atoms with Crippen LogP contribution in [0.4, 0.5) is 0 Å². The van der Waals surface area contributed by atoms with Crippen LogP contribution in [0.1, 0.15) is 98.8 Å². The fourth-order valence-electron chi connectivity index (χ4n) is 11.3. The molecule has 5 heteroatoms. The first-order valence-corrected chi connectivity index (χ1v) is 13.9. The summed E-state index contributed by atoms with van der Waals surface area (Å²) < 4.78 is 0. The molecule has 5 aliphatic rings. The van der Waals surface area contributed by atoms with Crippen molar-refractivity contribution in [3.63, 3.8) is 0 Å². The zero-order valence-electron chi connectivity index (χ0n) is 22.3. The van der Waals surface area contributed by atoms with E-state index in [2.05, 4.69) is 41.2 Å². The van der Waals surface area contributed by atoms with E-state index in [9.17, 15) is 24.6 Å². The Balaban J connectivity index is 1.57. The maximum atomic E-state index is 12.9. The van der Waals surface area contributed by atoms with Gasteiger partial charge in [0.15, 0.2) is 0 Å². The first-order valence-electron chi connectivity index (χ1n) is 13.9. The SMILES string of the molecule is C=C(C(=O)O)[C@@H]1CC[C@]2(C(=O)O)CC[C@]3(C)[C@H](CC[C@@H]4[C@@]5(C)CCC(=O)C(C)(C)[C@@H]5CC[C@]43C)[C@@H]12. The predicted molar refractivity (Wildman–Crippen MR) is 134 cm³/mol. The van der Waals surface area contributed by atoms with Crippen LogP contribution in [0.3, 0.4) is 0 Å². The van der Waals surface area contributed by atoms with Gasteiger partial charge in [-0.25, -0.2) is 4.79 Å². The molecular formula is C30H44O5. The molecule has 0 aromatic rings. The summed E-state index contributed by atoms with van der Waals surface area (Å²) in [5, 5.41) is 20.3. The largest absolute Gasteiger partial charge is 0.481 e. The van der Waals surface area contributed by atoms with Crippen LogP contribution >= 0.6 is 0 Å². The van der Waals surface area contributed by atoms with Crippen molar-refractivity contribution in [1.29, 1.82) is 0 Å². The molecule has 0 aliphatic heterocycles.